The highest BCUT2D eigenvalue weighted by molar-refractivity contribution is 5.77. The van der Waals surface area contributed by atoms with Crippen molar-refractivity contribution in [2.45, 2.75) is 77.3 Å². The third kappa shape index (κ3) is 2.41. The molecule has 2 rings (SSSR count). The summed E-state index contributed by atoms with van der Waals surface area (Å²) in [5, 5.41) is 0. The normalized spacial score (nSPS) is 32.2. The van der Waals surface area contributed by atoms with E-state index in [1.54, 1.807) is 0 Å². The molecule has 0 spiro atoms. The molecule has 1 saturated carbocycles. The van der Waals surface area contributed by atoms with Gasteiger partial charge < -0.3 is 4.90 Å². The first kappa shape index (κ1) is 11.9. The number of carbonyl (C=O) groups is 1. The molecule has 16 heavy (non-hydrogen) atoms. The molecule has 2 nitrogen and oxygen atoms in total. The molecule has 0 radical (unpaired) electrons. The Balaban J connectivity index is 2.11. The summed E-state index contributed by atoms with van der Waals surface area (Å²) in [7, 11) is 0. The van der Waals surface area contributed by atoms with Crippen molar-refractivity contribution in [2.24, 2.45) is 5.92 Å². The highest BCUT2D eigenvalue weighted by Gasteiger charge is 2.36. The highest BCUT2D eigenvalue weighted by Crippen LogP contribution is 2.34. The number of nitrogens with zero attached hydrogens (tertiary/aromatic N) is 1. The zero-order chi connectivity index (χ0) is 11.5. The van der Waals surface area contributed by atoms with Gasteiger partial charge in [0.2, 0.25) is 5.91 Å². The average molecular weight is 223 g/mol. The van der Waals surface area contributed by atoms with Gasteiger partial charge in [0.25, 0.3) is 0 Å². The van der Waals surface area contributed by atoms with Crippen molar-refractivity contribution >= 4 is 5.91 Å². The number of piperidine rings is 1. The van der Waals surface area contributed by atoms with Crippen LogP contribution in [0.4, 0.5) is 0 Å². The van der Waals surface area contributed by atoms with Gasteiger partial charge in [0, 0.05) is 18.5 Å². The Morgan fingerprint density at radius 1 is 1.06 bits per heavy atom. The number of hydrogen-bond acceptors (Lipinski definition) is 1. The third-order valence-corrected chi connectivity index (χ3v) is 4.30. The summed E-state index contributed by atoms with van der Waals surface area (Å²) in [4.78, 5) is 14.2. The van der Waals surface area contributed by atoms with Gasteiger partial charge in [0.15, 0.2) is 0 Å². The van der Waals surface area contributed by atoms with Crippen molar-refractivity contribution < 1.29 is 4.79 Å². The first-order chi connectivity index (χ1) is 7.70. The summed E-state index contributed by atoms with van der Waals surface area (Å²) >= 11 is 0. The molecular weight excluding hydrogens is 198 g/mol. The molecule has 2 aliphatic rings. The van der Waals surface area contributed by atoms with E-state index in [0.717, 1.165) is 18.8 Å². The Bertz CT molecular complexity index is 249. The van der Waals surface area contributed by atoms with Gasteiger partial charge in [0.1, 0.15) is 0 Å². The second-order valence-corrected chi connectivity index (χ2v) is 5.75. The molecular formula is C14H25NO. The summed E-state index contributed by atoms with van der Waals surface area (Å²) in [5.41, 5.74) is 0. The lowest BCUT2D eigenvalue weighted by atomic mass is 9.79. The fourth-order valence-corrected chi connectivity index (χ4v) is 3.54. The molecule has 0 aromatic carbocycles. The van der Waals surface area contributed by atoms with Crippen LogP contribution in [-0.2, 0) is 4.79 Å². The fraction of sp³-hybridized carbons (Fsp3) is 0.929. The van der Waals surface area contributed by atoms with Crippen LogP contribution in [0.15, 0.2) is 0 Å². The summed E-state index contributed by atoms with van der Waals surface area (Å²) in [6, 6.07) is 0.946. The molecule has 0 N–H and O–H groups in total. The summed E-state index contributed by atoms with van der Waals surface area (Å²) in [6.45, 7) is 4.33. The van der Waals surface area contributed by atoms with Crippen molar-refractivity contribution in [2.75, 3.05) is 0 Å². The zero-order valence-electron chi connectivity index (χ0n) is 10.7. The Kier molecular flexibility index (Phi) is 3.88. The predicted molar refractivity (Wildman–Crippen MR) is 66.2 cm³/mol. The Morgan fingerprint density at radius 3 is 2.44 bits per heavy atom. The van der Waals surface area contributed by atoms with Crippen molar-refractivity contribution in [1.29, 1.82) is 0 Å². The summed E-state index contributed by atoms with van der Waals surface area (Å²) < 4.78 is 0. The molecule has 1 amide bonds. The van der Waals surface area contributed by atoms with Crippen LogP contribution in [0, 0.1) is 5.92 Å². The van der Waals surface area contributed by atoms with E-state index in [1.807, 2.05) is 0 Å². The van der Waals surface area contributed by atoms with E-state index in [2.05, 4.69) is 18.7 Å². The molecule has 2 unspecified atom stereocenters. The van der Waals surface area contributed by atoms with Gasteiger partial charge in [-0.2, -0.15) is 0 Å². The molecule has 1 aliphatic carbocycles. The minimum absolute atomic E-state index is 0.389. The molecule has 0 bridgehead atoms. The van der Waals surface area contributed by atoms with Crippen LogP contribution in [0.25, 0.3) is 0 Å². The van der Waals surface area contributed by atoms with E-state index in [9.17, 15) is 4.79 Å². The van der Waals surface area contributed by atoms with Gasteiger partial charge in [0.05, 0.1) is 0 Å². The zero-order valence-corrected chi connectivity index (χ0v) is 10.7. The lowest BCUT2D eigenvalue weighted by Crippen LogP contribution is -2.52. The molecule has 0 aromatic rings. The molecule has 2 fully saturated rings. The van der Waals surface area contributed by atoms with Gasteiger partial charge in [-0.05, 0) is 39.0 Å². The van der Waals surface area contributed by atoms with Gasteiger partial charge in [-0.3, -0.25) is 4.79 Å². The third-order valence-electron chi connectivity index (χ3n) is 4.30. The lowest BCUT2D eigenvalue weighted by Gasteiger charge is -2.44. The number of rotatable bonds is 1. The number of amides is 1. The summed E-state index contributed by atoms with van der Waals surface area (Å²) in [5.74, 6) is 1.19. The van der Waals surface area contributed by atoms with Gasteiger partial charge in [-0.15, -0.1) is 0 Å². The molecule has 2 heteroatoms. The monoisotopic (exact) mass is 223 g/mol. The number of hydrogen-bond donors (Lipinski definition) is 0. The Hall–Kier alpha value is -0.530. The maximum atomic E-state index is 12.0. The maximum Gasteiger partial charge on any atom is 0.223 e. The molecule has 92 valence electrons. The quantitative estimate of drug-likeness (QED) is 0.667. The molecule has 1 saturated heterocycles. The largest absolute Gasteiger partial charge is 0.337 e. The Morgan fingerprint density at radius 2 is 1.75 bits per heavy atom. The van der Waals surface area contributed by atoms with Crippen LogP contribution in [0.3, 0.4) is 0 Å². The van der Waals surface area contributed by atoms with E-state index in [4.69, 9.17) is 0 Å². The first-order valence-corrected chi connectivity index (χ1v) is 7.01. The van der Waals surface area contributed by atoms with Crippen LogP contribution in [0.5, 0.6) is 0 Å². The SMILES string of the molecule is CC(C)N1C(=O)CCC2CCCCCCC21. The summed E-state index contributed by atoms with van der Waals surface area (Å²) in [6.07, 6.45) is 9.99. The standard InChI is InChI=1S/C14H25NO/c1-11(2)15-13-8-6-4-3-5-7-12(13)9-10-14(15)16/h11-13H,3-10H2,1-2H3. The average Bonchev–Trinajstić information content (AvgIpc) is 2.19. The van der Waals surface area contributed by atoms with Crippen LogP contribution in [-0.4, -0.2) is 22.9 Å². The van der Waals surface area contributed by atoms with Gasteiger partial charge >= 0.3 is 0 Å². The second kappa shape index (κ2) is 5.20. The molecule has 1 heterocycles. The van der Waals surface area contributed by atoms with Crippen molar-refractivity contribution in [3.8, 4) is 0 Å². The number of fused-ring (bicyclic) bond motifs is 1. The van der Waals surface area contributed by atoms with E-state index in [1.165, 1.54) is 38.5 Å². The predicted octanol–water partition coefficient (Wildman–Crippen LogP) is 3.36. The highest BCUT2D eigenvalue weighted by atomic mass is 16.2. The molecule has 2 atom stereocenters. The minimum atomic E-state index is 0.389. The van der Waals surface area contributed by atoms with Crippen LogP contribution in [0.2, 0.25) is 0 Å². The van der Waals surface area contributed by atoms with E-state index >= 15 is 0 Å². The number of likely N-dealkylation sites (tertiary alicyclic amines) is 1. The number of carbonyl (C=O) groups excluding carboxylic acids is 1. The van der Waals surface area contributed by atoms with E-state index < -0.39 is 0 Å². The topological polar surface area (TPSA) is 20.3 Å². The fourth-order valence-electron chi connectivity index (χ4n) is 3.54. The minimum Gasteiger partial charge on any atom is -0.337 e. The Labute approximate surface area is 99.4 Å². The lowest BCUT2D eigenvalue weighted by molar-refractivity contribution is -0.141. The second-order valence-electron chi connectivity index (χ2n) is 5.75. The molecule has 0 aromatic heterocycles. The van der Waals surface area contributed by atoms with Crippen molar-refractivity contribution in [3.63, 3.8) is 0 Å². The first-order valence-electron chi connectivity index (χ1n) is 7.01. The van der Waals surface area contributed by atoms with E-state index in [0.29, 0.717) is 18.0 Å². The van der Waals surface area contributed by atoms with Crippen LogP contribution >= 0.6 is 0 Å². The van der Waals surface area contributed by atoms with Crippen LogP contribution < -0.4 is 0 Å². The van der Waals surface area contributed by atoms with Crippen LogP contribution in [0.1, 0.15) is 65.2 Å². The van der Waals surface area contributed by atoms with E-state index in [-0.39, 0.29) is 0 Å². The molecule has 1 aliphatic heterocycles. The van der Waals surface area contributed by atoms with Gasteiger partial charge in [-0.25, -0.2) is 0 Å². The van der Waals surface area contributed by atoms with Crippen molar-refractivity contribution in [3.05, 3.63) is 0 Å². The van der Waals surface area contributed by atoms with Gasteiger partial charge in [-0.1, -0.05) is 25.7 Å². The maximum absolute atomic E-state index is 12.0. The van der Waals surface area contributed by atoms with Crippen molar-refractivity contribution in [1.82, 2.24) is 4.90 Å². The smallest absolute Gasteiger partial charge is 0.223 e.